The van der Waals surface area contributed by atoms with Crippen molar-refractivity contribution in [2.45, 2.75) is 0 Å². The molecule has 0 saturated carbocycles. The van der Waals surface area contributed by atoms with Gasteiger partial charge in [-0.25, -0.2) is 0 Å². The minimum atomic E-state index is 0.219. The van der Waals surface area contributed by atoms with Gasteiger partial charge in [-0.2, -0.15) is 5.26 Å². The SMILES string of the molecule is COc1ccc(Cl)cc1-c1cc(C#N)no1. The molecule has 0 N–H and O–H groups in total. The molecule has 4 nitrogen and oxygen atoms in total. The van der Waals surface area contributed by atoms with Crippen LogP contribution < -0.4 is 4.74 Å². The Morgan fingerprint density at radius 1 is 1.44 bits per heavy atom. The van der Waals surface area contributed by atoms with Crippen molar-refractivity contribution < 1.29 is 9.26 Å². The van der Waals surface area contributed by atoms with Crippen molar-refractivity contribution >= 4 is 11.6 Å². The Bertz CT molecular complexity index is 557. The molecule has 0 unspecified atom stereocenters. The van der Waals surface area contributed by atoms with Gasteiger partial charge in [-0.1, -0.05) is 16.8 Å². The van der Waals surface area contributed by atoms with E-state index in [0.717, 1.165) is 0 Å². The zero-order valence-electron chi connectivity index (χ0n) is 8.40. The van der Waals surface area contributed by atoms with Gasteiger partial charge in [0.05, 0.1) is 12.7 Å². The van der Waals surface area contributed by atoms with Crippen molar-refractivity contribution in [3.8, 4) is 23.1 Å². The molecule has 0 spiro atoms. The van der Waals surface area contributed by atoms with Crippen molar-refractivity contribution in [2.24, 2.45) is 0 Å². The summed E-state index contributed by atoms with van der Waals surface area (Å²) in [5, 5.41) is 12.8. The highest BCUT2D eigenvalue weighted by atomic mass is 35.5. The fraction of sp³-hybridized carbons (Fsp3) is 0.0909. The number of nitrogens with zero attached hydrogens (tertiary/aromatic N) is 2. The molecule has 16 heavy (non-hydrogen) atoms. The average molecular weight is 235 g/mol. The Morgan fingerprint density at radius 3 is 2.88 bits per heavy atom. The minimum absolute atomic E-state index is 0.219. The second-order valence-corrected chi connectivity index (χ2v) is 3.47. The van der Waals surface area contributed by atoms with Crippen LogP contribution in [0.4, 0.5) is 0 Å². The first-order valence-electron chi connectivity index (χ1n) is 4.45. The van der Waals surface area contributed by atoms with Crippen LogP contribution in [0.25, 0.3) is 11.3 Å². The van der Waals surface area contributed by atoms with Gasteiger partial charge in [0.1, 0.15) is 11.8 Å². The van der Waals surface area contributed by atoms with Gasteiger partial charge in [-0.05, 0) is 18.2 Å². The molecule has 0 radical (unpaired) electrons. The molecule has 80 valence electrons. The van der Waals surface area contributed by atoms with Crippen LogP contribution in [0.15, 0.2) is 28.8 Å². The molecule has 1 aromatic heterocycles. The number of halogens is 1. The highest BCUT2D eigenvalue weighted by Crippen LogP contribution is 2.32. The Labute approximate surface area is 97.0 Å². The molecule has 5 heteroatoms. The topological polar surface area (TPSA) is 59.0 Å². The number of nitriles is 1. The summed E-state index contributed by atoms with van der Waals surface area (Å²) in [7, 11) is 1.55. The van der Waals surface area contributed by atoms with Crippen LogP contribution in [0, 0.1) is 11.3 Å². The van der Waals surface area contributed by atoms with Crippen LogP contribution in [0.5, 0.6) is 5.75 Å². The van der Waals surface area contributed by atoms with Crippen LogP contribution in [0.3, 0.4) is 0 Å². The Hall–Kier alpha value is -1.99. The van der Waals surface area contributed by atoms with Crippen molar-refractivity contribution in [3.05, 3.63) is 35.0 Å². The predicted molar refractivity (Wildman–Crippen MR) is 58.2 cm³/mol. The number of hydrogen-bond donors (Lipinski definition) is 0. The van der Waals surface area contributed by atoms with Gasteiger partial charge in [0.25, 0.3) is 0 Å². The molecule has 2 rings (SSSR count). The van der Waals surface area contributed by atoms with Crippen LogP contribution in [0.1, 0.15) is 5.69 Å². The maximum absolute atomic E-state index is 8.65. The summed E-state index contributed by atoms with van der Waals surface area (Å²) in [6.07, 6.45) is 0. The first-order valence-corrected chi connectivity index (χ1v) is 4.83. The number of hydrogen-bond acceptors (Lipinski definition) is 4. The van der Waals surface area contributed by atoms with Crippen molar-refractivity contribution in [3.63, 3.8) is 0 Å². The molecule has 0 aliphatic carbocycles. The predicted octanol–water partition coefficient (Wildman–Crippen LogP) is 2.88. The van der Waals surface area contributed by atoms with Gasteiger partial charge in [0.15, 0.2) is 11.5 Å². The number of benzene rings is 1. The van der Waals surface area contributed by atoms with E-state index >= 15 is 0 Å². The molecule has 1 heterocycles. The van der Waals surface area contributed by atoms with Crippen LogP contribution in [-0.4, -0.2) is 12.3 Å². The standard InChI is InChI=1S/C11H7ClN2O2/c1-15-10-3-2-7(12)4-9(10)11-5-8(6-13)14-16-11/h2-5H,1H3. The average Bonchev–Trinajstić information content (AvgIpc) is 2.77. The van der Waals surface area contributed by atoms with E-state index in [4.69, 9.17) is 26.1 Å². The van der Waals surface area contributed by atoms with Gasteiger partial charge in [-0.15, -0.1) is 0 Å². The molecule has 1 aromatic carbocycles. The van der Waals surface area contributed by atoms with Crippen LogP contribution in [0.2, 0.25) is 5.02 Å². The van der Waals surface area contributed by atoms with E-state index in [2.05, 4.69) is 5.16 Å². The van der Waals surface area contributed by atoms with Crippen molar-refractivity contribution in [1.29, 1.82) is 5.26 Å². The lowest BCUT2D eigenvalue weighted by molar-refractivity contribution is 0.405. The molecule has 0 fully saturated rings. The molecule has 0 aliphatic rings. The van der Waals surface area contributed by atoms with Gasteiger partial charge >= 0.3 is 0 Å². The summed E-state index contributed by atoms with van der Waals surface area (Å²) in [6.45, 7) is 0. The van der Waals surface area contributed by atoms with Crippen molar-refractivity contribution in [1.82, 2.24) is 5.16 Å². The fourth-order valence-electron chi connectivity index (χ4n) is 1.33. The third kappa shape index (κ3) is 1.86. The fourth-order valence-corrected chi connectivity index (χ4v) is 1.50. The monoisotopic (exact) mass is 234 g/mol. The Kier molecular flexibility index (Phi) is 2.80. The number of ether oxygens (including phenoxy) is 1. The summed E-state index contributed by atoms with van der Waals surface area (Å²) in [4.78, 5) is 0. The zero-order valence-corrected chi connectivity index (χ0v) is 9.15. The highest BCUT2D eigenvalue weighted by Gasteiger charge is 2.12. The summed E-state index contributed by atoms with van der Waals surface area (Å²) in [5.41, 5.74) is 0.890. The minimum Gasteiger partial charge on any atom is -0.496 e. The third-order valence-corrected chi connectivity index (χ3v) is 2.29. The lowest BCUT2D eigenvalue weighted by Crippen LogP contribution is -1.86. The molecule has 0 aliphatic heterocycles. The Balaban J connectivity index is 2.54. The van der Waals surface area contributed by atoms with Crippen LogP contribution >= 0.6 is 11.6 Å². The second kappa shape index (κ2) is 4.25. The lowest BCUT2D eigenvalue weighted by Gasteiger charge is -2.05. The van der Waals surface area contributed by atoms with E-state index in [0.29, 0.717) is 22.1 Å². The number of rotatable bonds is 2. The van der Waals surface area contributed by atoms with E-state index in [-0.39, 0.29) is 5.69 Å². The smallest absolute Gasteiger partial charge is 0.184 e. The normalized spacial score (nSPS) is 9.81. The highest BCUT2D eigenvalue weighted by molar-refractivity contribution is 6.30. The first-order chi connectivity index (χ1) is 7.74. The van der Waals surface area contributed by atoms with Gasteiger partial charge in [-0.3, -0.25) is 0 Å². The molecule has 2 aromatic rings. The number of aromatic nitrogens is 1. The summed E-state index contributed by atoms with van der Waals surface area (Å²) >= 11 is 5.88. The van der Waals surface area contributed by atoms with E-state index in [1.807, 2.05) is 6.07 Å². The summed E-state index contributed by atoms with van der Waals surface area (Å²) in [6, 6.07) is 8.57. The van der Waals surface area contributed by atoms with Crippen molar-refractivity contribution in [2.75, 3.05) is 7.11 Å². The summed E-state index contributed by atoms with van der Waals surface area (Å²) < 4.78 is 10.2. The second-order valence-electron chi connectivity index (χ2n) is 3.03. The van der Waals surface area contributed by atoms with E-state index < -0.39 is 0 Å². The Morgan fingerprint density at radius 2 is 2.25 bits per heavy atom. The third-order valence-electron chi connectivity index (χ3n) is 2.05. The molecule has 0 atom stereocenters. The van der Waals surface area contributed by atoms with Gasteiger partial charge in [0, 0.05) is 11.1 Å². The van der Waals surface area contributed by atoms with E-state index in [1.165, 1.54) is 6.07 Å². The maximum atomic E-state index is 8.65. The van der Waals surface area contributed by atoms with Gasteiger partial charge in [0.2, 0.25) is 0 Å². The largest absolute Gasteiger partial charge is 0.496 e. The zero-order chi connectivity index (χ0) is 11.5. The quantitative estimate of drug-likeness (QED) is 0.802. The summed E-state index contributed by atoms with van der Waals surface area (Å²) in [5.74, 6) is 1.07. The molecular formula is C11H7ClN2O2. The van der Waals surface area contributed by atoms with Gasteiger partial charge < -0.3 is 9.26 Å². The molecule has 0 saturated heterocycles. The van der Waals surface area contributed by atoms with E-state index in [9.17, 15) is 0 Å². The van der Waals surface area contributed by atoms with E-state index in [1.54, 1.807) is 25.3 Å². The lowest BCUT2D eigenvalue weighted by atomic mass is 10.1. The van der Waals surface area contributed by atoms with Crippen LogP contribution in [-0.2, 0) is 0 Å². The first kappa shape index (κ1) is 10.5. The molecular weight excluding hydrogens is 228 g/mol. The molecule has 0 amide bonds. The molecule has 0 bridgehead atoms. The number of methoxy groups -OCH3 is 1. The maximum Gasteiger partial charge on any atom is 0.184 e.